The molecule has 0 bridgehead atoms. The second-order valence-electron chi connectivity index (χ2n) is 9.05. The Morgan fingerprint density at radius 3 is 2.24 bits per heavy atom. The van der Waals surface area contributed by atoms with E-state index in [4.69, 9.17) is 11.6 Å². The molecule has 3 aromatic rings. The second-order valence-corrected chi connectivity index (χ2v) is 11.3. The van der Waals surface area contributed by atoms with Crippen molar-refractivity contribution in [1.29, 1.82) is 0 Å². The number of hydrogen-bond donors (Lipinski definition) is 1. The van der Waals surface area contributed by atoms with Crippen LogP contribution < -0.4 is 9.62 Å². The van der Waals surface area contributed by atoms with Gasteiger partial charge in [0.15, 0.2) is 0 Å². The molecule has 0 fully saturated rings. The van der Waals surface area contributed by atoms with Gasteiger partial charge in [-0.3, -0.25) is 13.9 Å². The third kappa shape index (κ3) is 7.36. The predicted octanol–water partition coefficient (Wildman–Crippen LogP) is 4.83. The van der Waals surface area contributed by atoms with E-state index in [0.717, 1.165) is 16.3 Å². The first-order chi connectivity index (χ1) is 18.1. The summed E-state index contributed by atoms with van der Waals surface area (Å²) in [5, 5.41) is 3.19. The minimum atomic E-state index is -4.12. The molecular weight excluding hydrogens is 522 g/mol. The first-order valence-electron chi connectivity index (χ1n) is 12.6. The Bertz CT molecular complexity index is 1330. The Balaban J connectivity index is 1.99. The third-order valence-electron chi connectivity index (χ3n) is 6.25. The highest BCUT2D eigenvalue weighted by atomic mass is 35.5. The van der Waals surface area contributed by atoms with E-state index in [9.17, 15) is 18.0 Å². The van der Waals surface area contributed by atoms with Crippen molar-refractivity contribution < 1.29 is 18.0 Å². The maximum absolute atomic E-state index is 13.8. The Hall–Kier alpha value is -3.36. The van der Waals surface area contributed by atoms with Gasteiger partial charge in [-0.15, -0.1) is 0 Å². The van der Waals surface area contributed by atoms with Gasteiger partial charge in [0.05, 0.1) is 10.6 Å². The van der Waals surface area contributed by atoms with E-state index < -0.39 is 28.5 Å². The fraction of sp³-hybridized carbons (Fsp3) is 0.310. The van der Waals surface area contributed by atoms with Crippen LogP contribution in [0.1, 0.15) is 31.4 Å². The number of amides is 2. The number of benzene rings is 3. The normalized spacial score (nSPS) is 12.0. The number of sulfonamides is 1. The molecule has 7 nitrogen and oxygen atoms in total. The van der Waals surface area contributed by atoms with Crippen LogP contribution in [0.25, 0.3) is 0 Å². The van der Waals surface area contributed by atoms with Gasteiger partial charge in [0.1, 0.15) is 12.6 Å². The molecular formula is C29H34ClN3O4S. The summed E-state index contributed by atoms with van der Waals surface area (Å²) in [6.45, 7) is 5.62. The molecule has 0 spiro atoms. The van der Waals surface area contributed by atoms with Gasteiger partial charge in [-0.05, 0) is 62.1 Å². The molecule has 0 unspecified atom stereocenters. The lowest BCUT2D eigenvalue weighted by Gasteiger charge is -2.32. The molecule has 1 N–H and O–H groups in total. The summed E-state index contributed by atoms with van der Waals surface area (Å²) in [5.41, 5.74) is 1.96. The number of carbonyl (C=O) groups is 2. The van der Waals surface area contributed by atoms with Crippen LogP contribution in [0.3, 0.4) is 0 Å². The minimum Gasteiger partial charge on any atom is -0.354 e. The molecule has 2 amide bonds. The van der Waals surface area contributed by atoms with Gasteiger partial charge in [-0.2, -0.15) is 0 Å². The van der Waals surface area contributed by atoms with Crippen LogP contribution in [-0.2, 0) is 26.0 Å². The average molecular weight is 556 g/mol. The molecule has 38 heavy (non-hydrogen) atoms. The van der Waals surface area contributed by atoms with Crippen LogP contribution in [0, 0.1) is 6.92 Å². The van der Waals surface area contributed by atoms with Gasteiger partial charge >= 0.3 is 0 Å². The molecule has 0 aliphatic carbocycles. The smallest absolute Gasteiger partial charge is 0.264 e. The van der Waals surface area contributed by atoms with Crippen molar-refractivity contribution >= 4 is 39.1 Å². The first-order valence-corrected chi connectivity index (χ1v) is 14.4. The molecule has 3 rings (SSSR count). The van der Waals surface area contributed by atoms with Crippen molar-refractivity contribution in [2.75, 3.05) is 23.9 Å². The quantitative estimate of drug-likeness (QED) is 0.347. The van der Waals surface area contributed by atoms with Crippen LogP contribution in [0.15, 0.2) is 83.8 Å². The molecule has 202 valence electrons. The van der Waals surface area contributed by atoms with E-state index in [1.165, 1.54) is 23.1 Å². The van der Waals surface area contributed by atoms with Crippen LogP contribution in [-0.4, -0.2) is 50.8 Å². The summed E-state index contributed by atoms with van der Waals surface area (Å²) in [4.78, 5) is 28.2. The maximum Gasteiger partial charge on any atom is 0.264 e. The van der Waals surface area contributed by atoms with Gasteiger partial charge in [0.2, 0.25) is 11.8 Å². The standard InChI is InChI=1S/C29H34ClN3O4S/c1-4-18-31-29(35)23(3)32(19-17-24-11-7-5-8-12-24)28(34)21-33(27-20-25(30)16-15-22(27)2)38(36,37)26-13-9-6-10-14-26/h5-16,20,23H,4,17-19,21H2,1-3H3,(H,31,35)/t23-/m1/s1. The maximum atomic E-state index is 13.8. The van der Waals surface area contributed by atoms with E-state index >= 15 is 0 Å². The van der Waals surface area contributed by atoms with Gasteiger partial charge in [-0.1, -0.05) is 73.1 Å². The SMILES string of the molecule is CCCNC(=O)[C@@H](C)N(CCc1ccccc1)C(=O)CN(c1cc(Cl)ccc1C)S(=O)(=O)c1ccccc1. The average Bonchev–Trinajstić information content (AvgIpc) is 2.92. The van der Waals surface area contributed by atoms with E-state index in [-0.39, 0.29) is 17.3 Å². The summed E-state index contributed by atoms with van der Waals surface area (Å²) in [6, 6.07) is 21.7. The number of nitrogens with zero attached hydrogens (tertiary/aromatic N) is 2. The largest absolute Gasteiger partial charge is 0.354 e. The molecule has 0 saturated heterocycles. The number of anilines is 1. The zero-order valence-electron chi connectivity index (χ0n) is 21.9. The van der Waals surface area contributed by atoms with Gasteiger partial charge in [0.25, 0.3) is 10.0 Å². The van der Waals surface area contributed by atoms with Crippen molar-refractivity contribution in [3.63, 3.8) is 0 Å². The molecule has 0 saturated carbocycles. The molecule has 1 atom stereocenters. The Kier molecular flexibility index (Phi) is 10.3. The van der Waals surface area contributed by atoms with Gasteiger partial charge < -0.3 is 10.2 Å². The number of nitrogens with one attached hydrogen (secondary N) is 1. The lowest BCUT2D eigenvalue weighted by molar-refractivity contribution is -0.138. The highest BCUT2D eigenvalue weighted by Gasteiger charge is 2.32. The van der Waals surface area contributed by atoms with E-state index in [1.807, 2.05) is 37.3 Å². The third-order valence-corrected chi connectivity index (χ3v) is 8.26. The molecule has 3 aromatic carbocycles. The highest BCUT2D eigenvalue weighted by Crippen LogP contribution is 2.29. The topological polar surface area (TPSA) is 86.8 Å². The molecule has 0 aliphatic rings. The fourth-order valence-electron chi connectivity index (χ4n) is 4.05. The summed E-state index contributed by atoms with van der Waals surface area (Å²) in [7, 11) is -4.12. The minimum absolute atomic E-state index is 0.0525. The van der Waals surface area contributed by atoms with Gasteiger partial charge in [-0.25, -0.2) is 8.42 Å². The lowest BCUT2D eigenvalue weighted by atomic mass is 10.1. The van der Waals surface area contributed by atoms with Crippen LogP contribution in [0.4, 0.5) is 5.69 Å². The number of hydrogen-bond acceptors (Lipinski definition) is 4. The van der Waals surface area contributed by atoms with E-state index in [2.05, 4.69) is 5.32 Å². The first kappa shape index (κ1) is 29.2. The van der Waals surface area contributed by atoms with Crippen molar-refractivity contribution in [2.24, 2.45) is 0 Å². The zero-order valence-corrected chi connectivity index (χ0v) is 23.5. The number of halogens is 1. The van der Waals surface area contributed by atoms with Crippen molar-refractivity contribution in [2.45, 2.75) is 44.6 Å². The molecule has 0 aromatic heterocycles. The summed E-state index contributed by atoms with van der Waals surface area (Å²) in [5.74, 6) is -0.774. The van der Waals surface area contributed by atoms with E-state index in [0.29, 0.717) is 29.2 Å². The molecule has 0 aliphatic heterocycles. The lowest BCUT2D eigenvalue weighted by Crippen LogP contribution is -2.52. The molecule has 0 heterocycles. The zero-order chi connectivity index (χ0) is 27.7. The summed E-state index contributed by atoms with van der Waals surface area (Å²) in [6.07, 6.45) is 1.27. The van der Waals surface area contributed by atoms with Crippen molar-refractivity contribution in [1.82, 2.24) is 10.2 Å². The van der Waals surface area contributed by atoms with Crippen molar-refractivity contribution in [3.05, 3.63) is 95.0 Å². The Morgan fingerprint density at radius 1 is 0.974 bits per heavy atom. The number of carbonyl (C=O) groups excluding carboxylic acids is 2. The monoisotopic (exact) mass is 555 g/mol. The Morgan fingerprint density at radius 2 is 1.61 bits per heavy atom. The second kappa shape index (κ2) is 13.4. The summed E-state index contributed by atoms with van der Waals surface area (Å²) < 4.78 is 28.7. The van der Waals surface area contributed by atoms with Crippen LogP contribution >= 0.6 is 11.6 Å². The fourth-order valence-corrected chi connectivity index (χ4v) is 5.71. The van der Waals surface area contributed by atoms with Gasteiger partial charge in [0, 0.05) is 18.1 Å². The predicted molar refractivity (Wildman–Crippen MR) is 152 cm³/mol. The van der Waals surface area contributed by atoms with Crippen molar-refractivity contribution in [3.8, 4) is 0 Å². The van der Waals surface area contributed by atoms with Crippen LogP contribution in [0.2, 0.25) is 5.02 Å². The highest BCUT2D eigenvalue weighted by molar-refractivity contribution is 7.92. The molecule has 9 heteroatoms. The summed E-state index contributed by atoms with van der Waals surface area (Å²) >= 11 is 6.24. The number of aryl methyl sites for hydroxylation is 1. The Labute approximate surface area is 230 Å². The molecule has 0 radical (unpaired) electrons. The number of rotatable bonds is 12. The van der Waals surface area contributed by atoms with Crippen LogP contribution in [0.5, 0.6) is 0 Å². The van der Waals surface area contributed by atoms with E-state index in [1.54, 1.807) is 44.2 Å².